The smallest absolute Gasteiger partial charge is 0.0423 e. The number of halogens is 1. The first-order valence-electron chi connectivity index (χ1n) is 6.98. The molecule has 1 fully saturated rings. The number of rotatable bonds is 4. The summed E-state index contributed by atoms with van der Waals surface area (Å²) < 4.78 is 1.14. The molecule has 0 bridgehead atoms. The van der Waals surface area contributed by atoms with Gasteiger partial charge in [-0.25, -0.2) is 0 Å². The third-order valence-electron chi connectivity index (χ3n) is 3.92. The Bertz CT molecular complexity index is 384. The monoisotopic (exact) mass is 310 g/mol. The fourth-order valence-corrected chi connectivity index (χ4v) is 3.22. The van der Waals surface area contributed by atoms with E-state index in [1.807, 2.05) is 0 Å². The Hall–Kier alpha value is -0.540. The molecule has 1 aliphatic rings. The van der Waals surface area contributed by atoms with Crippen molar-refractivity contribution in [2.24, 2.45) is 11.7 Å². The first kappa shape index (κ1) is 13.9. The Balaban J connectivity index is 2.06. The van der Waals surface area contributed by atoms with Crippen LogP contribution in [0.5, 0.6) is 0 Å². The van der Waals surface area contributed by atoms with Crippen LogP contribution < -0.4 is 10.6 Å². The SMILES string of the molecule is CCCC1CCN(c2cc(Br)ccc2CN)CC1. The highest BCUT2D eigenvalue weighted by Gasteiger charge is 2.20. The van der Waals surface area contributed by atoms with E-state index >= 15 is 0 Å². The van der Waals surface area contributed by atoms with E-state index in [0.29, 0.717) is 6.54 Å². The van der Waals surface area contributed by atoms with Crippen molar-refractivity contribution in [3.05, 3.63) is 28.2 Å². The van der Waals surface area contributed by atoms with Gasteiger partial charge in [-0.1, -0.05) is 41.8 Å². The van der Waals surface area contributed by atoms with Gasteiger partial charge in [0.15, 0.2) is 0 Å². The van der Waals surface area contributed by atoms with E-state index in [1.54, 1.807) is 0 Å². The molecule has 100 valence electrons. The molecule has 0 atom stereocenters. The molecule has 0 unspecified atom stereocenters. The molecule has 3 heteroatoms. The highest BCUT2D eigenvalue weighted by molar-refractivity contribution is 9.10. The minimum atomic E-state index is 0.623. The average Bonchev–Trinajstić information content (AvgIpc) is 2.40. The molecule has 1 aromatic rings. The maximum absolute atomic E-state index is 5.84. The average molecular weight is 311 g/mol. The second-order valence-corrected chi connectivity index (χ2v) is 6.11. The maximum Gasteiger partial charge on any atom is 0.0423 e. The van der Waals surface area contributed by atoms with Crippen molar-refractivity contribution < 1.29 is 0 Å². The van der Waals surface area contributed by atoms with Crippen LogP contribution in [0, 0.1) is 5.92 Å². The van der Waals surface area contributed by atoms with Gasteiger partial charge in [0, 0.05) is 29.8 Å². The number of nitrogens with two attached hydrogens (primary N) is 1. The van der Waals surface area contributed by atoms with Crippen LogP contribution in [0.3, 0.4) is 0 Å². The van der Waals surface area contributed by atoms with Gasteiger partial charge in [-0.2, -0.15) is 0 Å². The zero-order valence-corrected chi connectivity index (χ0v) is 12.7. The van der Waals surface area contributed by atoms with Gasteiger partial charge in [0.2, 0.25) is 0 Å². The summed E-state index contributed by atoms with van der Waals surface area (Å²) in [6, 6.07) is 6.43. The lowest BCUT2D eigenvalue weighted by Crippen LogP contribution is -2.34. The van der Waals surface area contributed by atoms with E-state index in [-0.39, 0.29) is 0 Å². The largest absolute Gasteiger partial charge is 0.371 e. The minimum Gasteiger partial charge on any atom is -0.371 e. The molecule has 0 spiro atoms. The fraction of sp³-hybridized carbons (Fsp3) is 0.600. The first-order chi connectivity index (χ1) is 8.74. The van der Waals surface area contributed by atoms with Gasteiger partial charge in [-0.3, -0.25) is 0 Å². The molecular weight excluding hydrogens is 288 g/mol. The number of nitrogens with zero attached hydrogens (tertiary/aromatic N) is 1. The van der Waals surface area contributed by atoms with E-state index in [4.69, 9.17) is 5.73 Å². The predicted octanol–water partition coefficient (Wildman–Crippen LogP) is 3.92. The van der Waals surface area contributed by atoms with Crippen LogP contribution in [-0.2, 0) is 6.54 Å². The Labute approximate surface area is 119 Å². The zero-order chi connectivity index (χ0) is 13.0. The summed E-state index contributed by atoms with van der Waals surface area (Å²) in [5.74, 6) is 0.930. The highest BCUT2D eigenvalue weighted by atomic mass is 79.9. The number of piperidine rings is 1. The third kappa shape index (κ3) is 3.27. The molecule has 18 heavy (non-hydrogen) atoms. The number of benzene rings is 1. The van der Waals surface area contributed by atoms with Gasteiger partial charge >= 0.3 is 0 Å². The molecule has 0 radical (unpaired) electrons. The zero-order valence-electron chi connectivity index (χ0n) is 11.2. The second-order valence-electron chi connectivity index (χ2n) is 5.20. The van der Waals surface area contributed by atoms with Crippen LogP contribution in [0.2, 0.25) is 0 Å². The normalized spacial score (nSPS) is 17.2. The third-order valence-corrected chi connectivity index (χ3v) is 4.41. The maximum atomic E-state index is 5.84. The second kappa shape index (κ2) is 6.58. The predicted molar refractivity (Wildman–Crippen MR) is 81.9 cm³/mol. The summed E-state index contributed by atoms with van der Waals surface area (Å²) in [5, 5.41) is 0. The molecule has 0 amide bonds. The summed E-state index contributed by atoms with van der Waals surface area (Å²) >= 11 is 3.56. The van der Waals surface area contributed by atoms with Crippen molar-refractivity contribution in [3.8, 4) is 0 Å². The molecule has 1 aliphatic heterocycles. The van der Waals surface area contributed by atoms with Gasteiger partial charge in [-0.15, -0.1) is 0 Å². The molecular formula is C15H23BrN2. The summed E-state index contributed by atoms with van der Waals surface area (Å²) in [7, 11) is 0. The molecule has 2 nitrogen and oxygen atoms in total. The lowest BCUT2D eigenvalue weighted by molar-refractivity contribution is 0.378. The molecule has 2 rings (SSSR count). The Kier molecular flexibility index (Phi) is 5.07. The van der Waals surface area contributed by atoms with Crippen LogP contribution in [0.1, 0.15) is 38.2 Å². The Morgan fingerprint density at radius 2 is 2.06 bits per heavy atom. The number of hydrogen-bond acceptors (Lipinski definition) is 2. The number of anilines is 1. The molecule has 0 aromatic heterocycles. The van der Waals surface area contributed by atoms with E-state index in [2.05, 4.69) is 46.0 Å². The summed E-state index contributed by atoms with van der Waals surface area (Å²) in [6.45, 7) is 5.26. The van der Waals surface area contributed by atoms with E-state index in [0.717, 1.165) is 10.4 Å². The fourth-order valence-electron chi connectivity index (χ4n) is 2.87. The Morgan fingerprint density at radius 3 is 2.67 bits per heavy atom. The molecule has 1 heterocycles. The molecule has 2 N–H and O–H groups in total. The van der Waals surface area contributed by atoms with Crippen LogP contribution in [0.15, 0.2) is 22.7 Å². The molecule has 1 aromatic carbocycles. The van der Waals surface area contributed by atoms with Crippen LogP contribution in [-0.4, -0.2) is 13.1 Å². The van der Waals surface area contributed by atoms with E-state index in [9.17, 15) is 0 Å². The number of hydrogen-bond donors (Lipinski definition) is 1. The van der Waals surface area contributed by atoms with Gasteiger partial charge in [0.25, 0.3) is 0 Å². The highest BCUT2D eigenvalue weighted by Crippen LogP contribution is 2.30. The minimum absolute atomic E-state index is 0.623. The van der Waals surface area contributed by atoms with E-state index in [1.165, 1.54) is 50.0 Å². The van der Waals surface area contributed by atoms with Crippen molar-refractivity contribution >= 4 is 21.6 Å². The lowest BCUT2D eigenvalue weighted by Gasteiger charge is -2.34. The standard InChI is InChI=1S/C15H23BrN2/c1-2-3-12-6-8-18(9-7-12)15-10-14(16)5-4-13(15)11-17/h4-5,10,12H,2-3,6-9,11,17H2,1H3. The topological polar surface area (TPSA) is 29.3 Å². The molecule has 0 saturated carbocycles. The van der Waals surface area contributed by atoms with Crippen molar-refractivity contribution in [3.63, 3.8) is 0 Å². The van der Waals surface area contributed by atoms with Crippen LogP contribution in [0.4, 0.5) is 5.69 Å². The van der Waals surface area contributed by atoms with Gasteiger partial charge in [-0.05, 0) is 36.5 Å². The summed E-state index contributed by atoms with van der Waals surface area (Å²) in [5.41, 5.74) is 8.42. The van der Waals surface area contributed by atoms with Gasteiger partial charge < -0.3 is 10.6 Å². The molecule has 0 aliphatic carbocycles. The first-order valence-corrected chi connectivity index (χ1v) is 7.77. The van der Waals surface area contributed by atoms with Crippen molar-refractivity contribution in [2.75, 3.05) is 18.0 Å². The van der Waals surface area contributed by atoms with Crippen LogP contribution in [0.25, 0.3) is 0 Å². The van der Waals surface area contributed by atoms with Gasteiger partial charge in [0.1, 0.15) is 0 Å². The van der Waals surface area contributed by atoms with E-state index < -0.39 is 0 Å². The lowest BCUT2D eigenvalue weighted by atomic mass is 9.92. The van der Waals surface area contributed by atoms with Crippen molar-refractivity contribution in [2.45, 2.75) is 39.2 Å². The Morgan fingerprint density at radius 1 is 1.33 bits per heavy atom. The molecule has 1 saturated heterocycles. The van der Waals surface area contributed by atoms with Crippen molar-refractivity contribution in [1.29, 1.82) is 0 Å². The quantitative estimate of drug-likeness (QED) is 0.913. The van der Waals surface area contributed by atoms with Crippen LogP contribution >= 0.6 is 15.9 Å². The van der Waals surface area contributed by atoms with Crippen molar-refractivity contribution in [1.82, 2.24) is 0 Å². The summed E-state index contributed by atoms with van der Waals surface area (Å²) in [6.07, 6.45) is 5.35. The van der Waals surface area contributed by atoms with Gasteiger partial charge in [0.05, 0.1) is 0 Å². The summed E-state index contributed by atoms with van der Waals surface area (Å²) in [4.78, 5) is 2.50.